The Labute approximate surface area is 152 Å². The van der Waals surface area contributed by atoms with Crippen LogP contribution >= 0.6 is 0 Å². The van der Waals surface area contributed by atoms with Gasteiger partial charge in [-0.3, -0.25) is 9.59 Å². The Balaban J connectivity index is 2.14. The zero-order valence-electron chi connectivity index (χ0n) is 16.5. The van der Waals surface area contributed by atoms with Gasteiger partial charge in [-0.15, -0.1) is 0 Å². The highest BCUT2D eigenvalue weighted by Crippen LogP contribution is 2.44. The summed E-state index contributed by atoms with van der Waals surface area (Å²) in [5, 5.41) is 0.0966. The molecule has 1 heterocycles. The number of carbonyl (C=O) groups is 2. The largest absolute Gasteiger partial charge is 0.466 e. The molecule has 0 amide bonds. The molecular formula is C19H32O5Si. The average molecular weight is 369 g/mol. The van der Waals surface area contributed by atoms with E-state index < -0.39 is 20.2 Å². The van der Waals surface area contributed by atoms with Crippen LogP contribution in [0.1, 0.15) is 34.6 Å². The first-order chi connectivity index (χ1) is 11.5. The van der Waals surface area contributed by atoms with Crippen LogP contribution in [0.2, 0.25) is 18.1 Å². The molecule has 5 nitrogen and oxygen atoms in total. The third-order valence-corrected chi connectivity index (χ3v) is 10.4. The highest BCUT2D eigenvalue weighted by Gasteiger charge is 2.53. The van der Waals surface area contributed by atoms with Gasteiger partial charge in [0.25, 0.3) is 0 Å². The highest BCUT2D eigenvalue weighted by atomic mass is 28.4. The number of carbonyl (C=O) groups excluding carboxylic acids is 2. The molecule has 0 N–H and O–H groups in total. The van der Waals surface area contributed by atoms with E-state index in [4.69, 9.17) is 13.9 Å². The molecule has 0 aromatic heterocycles. The number of fused-ring (bicyclic) bond motifs is 1. The Kier molecular flexibility index (Phi) is 5.84. The number of hydrogen-bond donors (Lipinski definition) is 0. The van der Waals surface area contributed by atoms with Crippen LogP contribution in [0, 0.1) is 23.7 Å². The number of allylic oxidation sites excluding steroid dienone is 1. The van der Waals surface area contributed by atoms with Crippen LogP contribution < -0.4 is 0 Å². The summed E-state index contributed by atoms with van der Waals surface area (Å²) in [5.74, 6) is -1.71. The zero-order valence-corrected chi connectivity index (χ0v) is 17.5. The summed E-state index contributed by atoms with van der Waals surface area (Å²) in [5.41, 5.74) is 0. The number of cyclic esters (lactones) is 1. The van der Waals surface area contributed by atoms with Gasteiger partial charge in [-0.1, -0.05) is 39.8 Å². The molecule has 1 fully saturated rings. The van der Waals surface area contributed by atoms with Crippen LogP contribution in [-0.4, -0.2) is 39.6 Å². The van der Waals surface area contributed by atoms with Crippen LogP contribution in [0.3, 0.4) is 0 Å². The summed E-state index contributed by atoms with van der Waals surface area (Å²) in [6, 6.07) is 0. The van der Waals surface area contributed by atoms with E-state index in [-0.39, 0.29) is 34.9 Å². The molecule has 0 saturated carbocycles. The Morgan fingerprint density at radius 2 is 1.92 bits per heavy atom. The van der Waals surface area contributed by atoms with Crippen molar-refractivity contribution in [2.75, 3.05) is 13.2 Å². The van der Waals surface area contributed by atoms with Crippen molar-refractivity contribution in [1.82, 2.24) is 0 Å². The maximum absolute atomic E-state index is 12.5. The molecule has 1 aliphatic heterocycles. The molecule has 2 rings (SSSR count). The smallest absolute Gasteiger partial charge is 0.310 e. The highest BCUT2D eigenvalue weighted by molar-refractivity contribution is 6.74. The Hall–Kier alpha value is -1.14. The van der Waals surface area contributed by atoms with Gasteiger partial charge in [0.2, 0.25) is 0 Å². The molecule has 0 radical (unpaired) electrons. The summed E-state index contributed by atoms with van der Waals surface area (Å²) >= 11 is 0. The van der Waals surface area contributed by atoms with Crippen LogP contribution in [0.25, 0.3) is 0 Å². The van der Waals surface area contributed by atoms with Crippen molar-refractivity contribution in [3.63, 3.8) is 0 Å². The molecule has 0 bridgehead atoms. The lowest BCUT2D eigenvalue weighted by Crippen LogP contribution is -2.44. The minimum atomic E-state index is -1.92. The van der Waals surface area contributed by atoms with Crippen molar-refractivity contribution < 1.29 is 23.5 Å². The van der Waals surface area contributed by atoms with E-state index >= 15 is 0 Å². The molecule has 1 aliphatic carbocycles. The number of hydrogen-bond acceptors (Lipinski definition) is 5. The SMILES string of the molecule is CCOC(=O)[C@H]1[C@@H]2C(=O)O[C@H](CO[Si](C)(C)C(C)(C)C)[C@@H]2C=C[C@H]1C. The first kappa shape index (κ1) is 20.2. The Morgan fingerprint density at radius 3 is 2.48 bits per heavy atom. The van der Waals surface area contributed by atoms with E-state index in [0.717, 1.165) is 0 Å². The fraction of sp³-hybridized carbons (Fsp3) is 0.789. The monoisotopic (exact) mass is 368 g/mol. The van der Waals surface area contributed by atoms with Crippen molar-refractivity contribution in [2.45, 2.75) is 58.9 Å². The van der Waals surface area contributed by atoms with Crippen molar-refractivity contribution in [2.24, 2.45) is 23.7 Å². The van der Waals surface area contributed by atoms with E-state index in [2.05, 4.69) is 33.9 Å². The second-order valence-electron chi connectivity index (χ2n) is 8.67. The minimum Gasteiger partial charge on any atom is -0.466 e. The third kappa shape index (κ3) is 4.00. The van der Waals surface area contributed by atoms with Crippen LogP contribution in [0.15, 0.2) is 12.2 Å². The van der Waals surface area contributed by atoms with Crippen molar-refractivity contribution in [3.8, 4) is 0 Å². The van der Waals surface area contributed by atoms with Gasteiger partial charge in [-0.2, -0.15) is 0 Å². The number of esters is 2. The first-order valence-electron chi connectivity index (χ1n) is 9.19. The van der Waals surface area contributed by atoms with Crippen molar-refractivity contribution in [3.05, 3.63) is 12.2 Å². The lowest BCUT2D eigenvalue weighted by molar-refractivity contribution is -0.158. The second kappa shape index (κ2) is 7.23. The van der Waals surface area contributed by atoms with E-state index in [1.165, 1.54) is 0 Å². The summed E-state index contributed by atoms with van der Waals surface area (Å²) in [6.45, 7) is 15.3. The molecule has 6 heteroatoms. The molecule has 0 aromatic rings. The maximum Gasteiger partial charge on any atom is 0.310 e. The van der Waals surface area contributed by atoms with Gasteiger partial charge in [0.15, 0.2) is 8.32 Å². The van der Waals surface area contributed by atoms with Crippen LogP contribution in [0.5, 0.6) is 0 Å². The van der Waals surface area contributed by atoms with Crippen molar-refractivity contribution >= 4 is 20.3 Å². The predicted molar refractivity (Wildman–Crippen MR) is 98.4 cm³/mol. The lowest BCUT2D eigenvalue weighted by atomic mass is 9.71. The average Bonchev–Trinajstić information content (AvgIpc) is 2.80. The first-order valence-corrected chi connectivity index (χ1v) is 12.1. The number of rotatable bonds is 5. The van der Waals surface area contributed by atoms with E-state index in [0.29, 0.717) is 13.2 Å². The normalized spacial score (nSPS) is 32.3. The molecule has 2 aliphatic rings. The molecule has 142 valence electrons. The quantitative estimate of drug-likeness (QED) is 0.422. The molecule has 0 spiro atoms. The van der Waals surface area contributed by atoms with E-state index in [1.807, 2.05) is 19.1 Å². The lowest BCUT2D eigenvalue weighted by Gasteiger charge is -2.37. The zero-order chi connectivity index (χ0) is 19.0. The van der Waals surface area contributed by atoms with E-state index in [9.17, 15) is 9.59 Å². The molecule has 25 heavy (non-hydrogen) atoms. The minimum absolute atomic E-state index is 0.0343. The van der Waals surface area contributed by atoms with Crippen molar-refractivity contribution in [1.29, 1.82) is 0 Å². The van der Waals surface area contributed by atoms with Crippen LogP contribution in [0.4, 0.5) is 0 Å². The number of ether oxygens (including phenoxy) is 2. The Morgan fingerprint density at radius 1 is 1.28 bits per heavy atom. The fourth-order valence-electron chi connectivity index (χ4n) is 3.33. The van der Waals surface area contributed by atoms with Gasteiger partial charge in [-0.25, -0.2) is 0 Å². The summed E-state index contributed by atoms with van der Waals surface area (Å²) in [6.07, 6.45) is 3.70. The summed E-state index contributed by atoms with van der Waals surface area (Å²) in [4.78, 5) is 24.9. The molecule has 5 atom stereocenters. The third-order valence-electron chi connectivity index (χ3n) is 5.95. The molecular weight excluding hydrogens is 336 g/mol. The van der Waals surface area contributed by atoms with Gasteiger partial charge in [0.05, 0.1) is 25.0 Å². The second-order valence-corrected chi connectivity index (χ2v) is 13.5. The van der Waals surface area contributed by atoms with Gasteiger partial charge in [0.1, 0.15) is 6.10 Å². The standard InChI is InChI=1S/C19H32O5Si/c1-8-22-17(20)15-12(2)9-10-13-14(24-18(21)16(13)15)11-23-25(6,7)19(3,4)5/h9-10,12-16H,8,11H2,1-7H3/t12-,13+,14-,15-,16-/m1/s1. The van der Waals surface area contributed by atoms with Gasteiger partial charge < -0.3 is 13.9 Å². The fourth-order valence-corrected chi connectivity index (χ4v) is 4.34. The van der Waals surface area contributed by atoms with Gasteiger partial charge in [-0.05, 0) is 31.0 Å². The molecule has 0 unspecified atom stereocenters. The topological polar surface area (TPSA) is 61.8 Å². The van der Waals surface area contributed by atoms with Gasteiger partial charge in [0, 0.05) is 5.92 Å². The Bertz CT molecular complexity index is 549. The molecule has 0 aromatic carbocycles. The summed E-state index contributed by atoms with van der Waals surface area (Å²) < 4.78 is 17.1. The maximum atomic E-state index is 12.5. The van der Waals surface area contributed by atoms with E-state index in [1.54, 1.807) is 6.92 Å². The summed E-state index contributed by atoms with van der Waals surface area (Å²) in [7, 11) is -1.92. The predicted octanol–water partition coefficient (Wildman–Crippen LogP) is 3.55. The van der Waals surface area contributed by atoms with Crippen LogP contribution in [-0.2, 0) is 23.5 Å². The van der Waals surface area contributed by atoms with Gasteiger partial charge >= 0.3 is 11.9 Å². The molecule has 1 saturated heterocycles.